The number of halogens is 3. The number of rotatable bonds is 2. The SMILES string of the molecule is O=C([C@@H]1C[C@@H]2CC[C@@H]1C2)N1CCN(c2cccc(C(F)(F)F)c2)CC1. The molecule has 1 aromatic carbocycles. The Morgan fingerprint density at radius 1 is 1.04 bits per heavy atom. The maximum Gasteiger partial charge on any atom is 0.416 e. The van der Waals surface area contributed by atoms with Crippen molar-refractivity contribution >= 4 is 11.6 Å². The van der Waals surface area contributed by atoms with Crippen LogP contribution in [-0.2, 0) is 11.0 Å². The van der Waals surface area contributed by atoms with Crippen molar-refractivity contribution in [1.29, 1.82) is 0 Å². The minimum atomic E-state index is -4.32. The number of amides is 1. The molecule has 2 aliphatic carbocycles. The fourth-order valence-corrected chi connectivity index (χ4v) is 4.85. The zero-order chi connectivity index (χ0) is 17.6. The first-order valence-corrected chi connectivity index (χ1v) is 9.13. The van der Waals surface area contributed by atoms with Gasteiger partial charge in [0, 0.05) is 37.8 Å². The molecule has 0 N–H and O–H groups in total. The highest BCUT2D eigenvalue weighted by Crippen LogP contribution is 2.49. The van der Waals surface area contributed by atoms with Crippen molar-refractivity contribution in [3.05, 3.63) is 29.8 Å². The molecule has 3 atom stereocenters. The van der Waals surface area contributed by atoms with E-state index in [0.29, 0.717) is 37.8 Å². The van der Waals surface area contributed by atoms with Gasteiger partial charge >= 0.3 is 6.18 Å². The lowest BCUT2D eigenvalue weighted by Crippen LogP contribution is -2.51. The summed E-state index contributed by atoms with van der Waals surface area (Å²) in [7, 11) is 0. The molecule has 1 aromatic rings. The summed E-state index contributed by atoms with van der Waals surface area (Å²) in [5.41, 5.74) is -0.0349. The topological polar surface area (TPSA) is 23.6 Å². The van der Waals surface area contributed by atoms with Crippen LogP contribution in [0.1, 0.15) is 31.2 Å². The van der Waals surface area contributed by atoms with Crippen LogP contribution in [-0.4, -0.2) is 37.0 Å². The van der Waals surface area contributed by atoms with Gasteiger partial charge in [0.2, 0.25) is 5.91 Å². The van der Waals surface area contributed by atoms with Gasteiger partial charge in [0.25, 0.3) is 0 Å². The highest BCUT2D eigenvalue weighted by molar-refractivity contribution is 5.80. The first kappa shape index (κ1) is 16.7. The van der Waals surface area contributed by atoms with Crippen LogP contribution in [0.2, 0.25) is 0 Å². The maximum atomic E-state index is 12.9. The number of nitrogens with zero attached hydrogens (tertiary/aromatic N) is 2. The highest BCUT2D eigenvalue weighted by atomic mass is 19.4. The van der Waals surface area contributed by atoms with Crippen LogP contribution in [0.5, 0.6) is 0 Å². The molecule has 3 fully saturated rings. The highest BCUT2D eigenvalue weighted by Gasteiger charge is 2.44. The second kappa shape index (κ2) is 6.22. The molecule has 1 amide bonds. The molecule has 3 nitrogen and oxygen atoms in total. The Hall–Kier alpha value is -1.72. The average molecular weight is 352 g/mol. The Morgan fingerprint density at radius 2 is 1.80 bits per heavy atom. The second-order valence-electron chi connectivity index (χ2n) is 7.64. The summed E-state index contributed by atoms with van der Waals surface area (Å²) in [5, 5.41) is 0. The fraction of sp³-hybridized carbons (Fsp3) is 0.632. The minimum Gasteiger partial charge on any atom is -0.368 e. The van der Waals surface area contributed by atoms with Crippen LogP contribution < -0.4 is 4.90 Å². The second-order valence-corrected chi connectivity index (χ2v) is 7.64. The molecule has 0 radical (unpaired) electrons. The Morgan fingerprint density at radius 3 is 2.40 bits per heavy atom. The molecule has 0 unspecified atom stereocenters. The molecule has 4 rings (SSSR count). The number of alkyl halides is 3. The molecule has 2 bridgehead atoms. The summed E-state index contributed by atoms with van der Waals surface area (Å²) in [5.74, 6) is 1.78. The van der Waals surface area contributed by atoms with Gasteiger partial charge < -0.3 is 9.80 Å². The Labute approximate surface area is 145 Å². The third kappa shape index (κ3) is 3.23. The molecule has 2 saturated carbocycles. The third-order valence-electron chi connectivity index (χ3n) is 6.19. The van der Waals surface area contributed by atoms with Gasteiger partial charge in [0.15, 0.2) is 0 Å². The molecule has 1 saturated heterocycles. The normalized spacial score (nSPS) is 29.3. The lowest BCUT2D eigenvalue weighted by Gasteiger charge is -2.38. The molecule has 1 heterocycles. The van der Waals surface area contributed by atoms with Gasteiger partial charge in [-0.1, -0.05) is 12.5 Å². The summed E-state index contributed by atoms with van der Waals surface area (Å²) in [4.78, 5) is 16.6. The van der Waals surface area contributed by atoms with Crippen molar-refractivity contribution in [2.45, 2.75) is 31.9 Å². The maximum absolute atomic E-state index is 12.9. The van der Waals surface area contributed by atoms with Crippen molar-refractivity contribution in [3.63, 3.8) is 0 Å². The van der Waals surface area contributed by atoms with Gasteiger partial charge in [-0.3, -0.25) is 4.79 Å². The van der Waals surface area contributed by atoms with Crippen LogP contribution in [0.4, 0.5) is 18.9 Å². The van der Waals surface area contributed by atoms with Crippen molar-refractivity contribution < 1.29 is 18.0 Å². The monoisotopic (exact) mass is 352 g/mol. The number of anilines is 1. The predicted molar refractivity (Wildman–Crippen MR) is 89.2 cm³/mol. The van der Waals surface area contributed by atoms with Gasteiger partial charge in [-0.25, -0.2) is 0 Å². The minimum absolute atomic E-state index is 0.193. The lowest BCUT2D eigenvalue weighted by molar-refractivity contribution is -0.138. The Bertz CT molecular complexity index is 652. The van der Waals surface area contributed by atoms with E-state index in [-0.39, 0.29) is 11.8 Å². The Kier molecular flexibility index (Phi) is 4.16. The number of fused-ring (bicyclic) bond motifs is 2. The van der Waals surface area contributed by atoms with Gasteiger partial charge in [0.1, 0.15) is 0 Å². The molecule has 3 aliphatic rings. The van der Waals surface area contributed by atoms with E-state index >= 15 is 0 Å². The number of carbonyl (C=O) groups is 1. The number of hydrogen-bond donors (Lipinski definition) is 0. The summed E-state index contributed by atoms with van der Waals surface area (Å²) >= 11 is 0. The quantitative estimate of drug-likeness (QED) is 0.808. The summed E-state index contributed by atoms with van der Waals surface area (Å²) in [6.45, 7) is 2.38. The number of benzene rings is 1. The van der Waals surface area contributed by atoms with Crippen LogP contribution in [0.25, 0.3) is 0 Å². The fourth-order valence-electron chi connectivity index (χ4n) is 4.85. The van der Waals surface area contributed by atoms with Crippen LogP contribution in [0, 0.1) is 17.8 Å². The van der Waals surface area contributed by atoms with Crippen LogP contribution in [0.3, 0.4) is 0 Å². The Balaban J connectivity index is 1.38. The van der Waals surface area contributed by atoms with Gasteiger partial charge in [-0.2, -0.15) is 13.2 Å². The van der Waals surface area contributed by atoms with E-state index in [1.807, 2.05) is 9.80 Å². The van der Waals surface area contributed by atoms with Crippen molar-refractivity contribution in [1.82, 2.24) is 4.90 Å². The predicted octanol–water partition coefficient (Wildman–Crippen LogP) is 3.79. The van der Waals surface area contributed by atoms with Crippen molar-refractivity contribution in [3.8, 4) is 0 Å². The zero-order valence-electron chi connectivity index (χ0n) is 14.1. The molecule has 0 spiro atoms. The number of carbonyl (C=O) groups excluding carboxylic acids is 1. The van der Waals surface area contributed by atoms with E-state index < -0.39 is 11.7 Å². The van der Waals surface area contributed by atoms with E-state index in [2.05, 4.69) is 0 Å². The smallest absolute Gasteiger partial charge is 0.368 e. The largest absolute Gasteiger partial charge is 0.416 e. The van der Waals surface area contributed by atoms with E-state index in [1.165, 1.54) is 31.4 Å². The van der Waals surface area contributed by atoms with E-state index in [4.69, 9.17) is 0 Å². The third-order valence-corrected chi connectivity index (χ3v) is 6.19. The van der Waals surface area contributed by atoms with Gasteiger partial charge in [-0.05, 0) is 49.3 Å². The molecule has 0 aromatic heterocycles. The van der Waals surface area contributed by atoms with Crippen LogP contribution in [0.15, 0.2) is 24.3 Å². The molecule has 1 aliphatic heterocycles. The molecular weight excluding hydrogens is 329 g/mol. The lowest BCUT2D eigenvalue weighted by atomic mass is 9.87. The molecule has 25 heavy (non-hydrogen) atoms. The van der Waals surface area contributed by atoms with Gasteiger partial charge in [-0.15, -0.1) is 0 Å². The molecule has 136 valence electrons. The van der Waals surface area contributed by atoms with Gasteiger partial charge in [0.05, 0.1) is 5.56 Å². The first-order valence-electron chi connectivity index (χ1n) is 9.13. The van der Waals surface area contributed by atoms with E-state index in [0.717, 1.165) is 18.4 Å². The molecule has 6 heteroatoms. The summed E-state index contributed by atoms with van der Waals surface area (Å²) in [6.07, 6.45) is 0.385. The van der Waals surface area contributed by atoms with Crippen molar-refractivity contribution in [2.75, 3.05) is 31.1 Å². The molecular formula is C19H23F3N2O. The zero-order valence-corrected chi connectivity index (χ0v) is 14.1. The first-order chi connectivity index (χ1) is 11.9. The summed E-state index contributed by atoms with van der Waals surface area (Å²) < 4.78 is 38.6. The number of hydrogen-bond acceptors (Lipinski definition) is 2. The summed E-state index contributed by atoms with van der Waals surface area (Å²) in [6, 6.07) is 5.46. The average Bonchev–Trinajstić information content (AvgIpc) is 3.24. The number of piperazine rings is 1. The van der Waals surface area contributed by atoms with Crippen LogP contribution >= 0.6 is 0 Å². The standard InChI is InChI=1S/C19H23F3N2O/c20-19(21,22)15-2-1-3-16(12-15)23-6-8-24(9-7-23)18(25)17-11-13-4-5-14(17)10-13/h1-3,12-14,17H,4-11H2/t13-,14-,17-/m1/s1. The van der Waals surface area contributed by atoms with Crippen molar-refractivity contribution in [2.24, 2.45) is 17.8 Å². The van der Waals surface area contributed by atoms with E-state index in [9.17, 15) is 18.0 Å². The van der Waals surface area contributed by atoms with E-state index in [1.54, 1.807) is 6.07 Å².